The van der Waals surface area contributed by atoms with E-state index in [-0.39, 0.29) is 132 Å². The molecule has 27 heteroatoms. The molecule has 0 bridgehead atoms. The second kappa shape index (κ2) is 36.3. The van der Waals surface area contributed by atoms with Crippen molar-refractivity contribution < 1.29 is 102 Å². The standard InChI is InChI=1S/C55H92N6O21/c1-6-54(4)32-61(33-55(54,5)34-64)43(68)14-12-10-8-7-9-11-13-42(67)60-39-28-37(50(73)56-15-17-75-19-21-77-23-25-79-52-44(58-35(2)65)48(71)46(69)40(30-62)81-52)27-38(29-39)51(74)57-16-18-76-20-22-78-24-26-80-53-45(59-36(3)66)49(72)47(70)41(31-63)82-53/h27-29,40-41,44-49,52-53,62-64,69-72H,6-26,30-34H2,1-5H3,(H,56,73)(H,57,74)(H,58,65)(H,59,66)(H,60,67)/t40-,41-,44-,45-,46+,47+,48-,49-,52?,53?,54?,55?/m1/s1. The Morgan fingerprint density at radius 2 is 0.988 bits per heavy atom. The molecular weight excluding hydrogens is 1080 g/mol. The summed E-state index contributed by atoms with van der Waals surface area (Å²) in [5.74, 6) is -2.21. The SMILES string of the molecule is CCC1(C)CN(C(=O)CCCCCCCCC(=O)Nc2cc(C(=O)NCCOCCOCCOC3O[C@H](CO)[C@H](O)[C@H](O)[C@H]3NC(C)=O)cc(C(=O)NCCOCCOCCOC3O[C@H](CO)[C@H](O)[C@H](O)[C@H]3NC(C)=O)c2)CC1(C)CO. The van der Waals surface area contributed by atoms with Gasteiger partial charge in [0.25, 0.3) is 11.8 Å². The Hall–Kier alpha value is -4.56. The molecule has 0 aliphatic carbocycles. The van der Waals surface area contributed by atoms with Gasteiger partial charge in [-0.15, -0.1) is 0 Å². The van der Waals surface area contributed by atoms with Crippen molar-refractivity contribution >= 4 is 41.1 Å². The molecule has 12 N–H and O–H groups in total. The van der Waals surface area contributed by atoms with Gasteiger partial charge in [0, 0.05) is 75.1 Å². The maximum Gasteiger partial charge on any atom is 0.251 e. The number of nitrogens with zero attached hydrogens (tertiary/aromatic N) is 1. The number of hydrogen-bond donors (Lipinski definition) is 12. The molecule has 0 radical (unpaired) electrons. The first kappa shape index (κ1) is 69.9. The number of carbonyl (C=O) groups is 6. The first-order valence-electron chi connectivity index (χ1n) is 28.4. The van der Waals surface area contributed by atoms with Gasteiger partial charge in [-0.1, -0.05) is 46.5 Å². The Kier molecular flexibility index (Phi) is 31.0. The summed E-state index contributed by atoms with van der Waals surface area (Å²) in [5, 5.41) is 83.6. The lowest BCUT2D eigenvalue weighted by Crippen LogP contribution is -2.64. The highest BCUT2D eigenvalue weighted by molar-refractivity contribution is 6.02. The van der Waals surface area contributed by atoms with Crippen molar-refractivity contribution in [3.05, 3.63) is 29.3 Å². The number of aliphatic hydroxyl groups is 7. The summed E-state index contributed by atoms with van der Waals surface area (Å²) in [6.07, 6.45) is -3.94. The molecule has 3 heterocycles. The number of hydrogen-bond acceptors (Lipinski definition) is 21. The van der Waals surface area contributed by atoms with Crippen LogP contribution < -0.4 is 26.6 Å². The van der Waals surface area contributed by atoms with E-state index in [4.69, 9.17) is 37.9 Å². The van der Waals surface area contributed by atoms with Gasteiger partial charge in [-0.3, -0.25) is 28.8 Å². The van der Waals surface area contributed by atoms with Gasteiger partial charge in [-0.05, 0) is 42.9 Å². The van der Waals surface area contributed by atoms with Gasteiger partial charge in [0.1, 0.15) is 48.7 Å². The molecule has 468 valence electrons. The van der Waals surface area contributed by atoms with E-state index >= 15 is 0 Å². The molecule has 0 aromatic heterocycles. The van der Waals surface area contributed by atoms with Crippen LogP contribution in [0, 0.1) is 10.8 Å². The molecular formula is C55H92N6O21. The Bertz CT molecular complexity index is 2010. The molecule has 3 aliphatic heterocycles. The number of nitrogens with one attached hydrogen (secondary N) is 5. The number of anilines is 1. The fraction of sp³-hybridized carbons (Fsp3) is 0.782. The summed E-state index contributed by atoms with van der Waals surface area (Å²) in [7, 11) is 0. The smallest absolute Gasteiger partial charge is 0.251 e. The lowest BCUT2D eigenvalue weighted by molar-refractivity contribution is -0.272. The number of likely N-dealkylation sites (tertiary alicyclic amines) is 1. The van der Waals surface area contributed by atoms with Crippen LogP contribution in [0.1, 0.15) is 113 Å². The van der Waals surface area contributed by atoms with Gasteiger partial charge < -0.3 is 105 Å². The Morgan fingerprint density at radius 1 is 0.573 bits per heavy atom. The highest BCUT2D eigenvalue weighted by atomic mass is 16.7. The molecule has 12 atom stereocenters. The summed E-state index contributed by atoms with van der Waals surface area (Å²) in [6, 6.07) is 2.17. The van der Waals surface area contributed by atoms with Crippen LogP contribution in [-0.4, -0.2) is 249 Å². The zero-order valence-corrected chi connectivity index (χ0v) is 48.2. The fourth-order valence-electron chi connectivity index (χ4n) is 9.84. The summed E-state index contributed by atoms with van der Waals surface area (Å²) in [4.78, 5) is 78.2. The normalized spacial score (nSPS) is 27.2. The third-order valence-electron chi connectivity index (χ3n) is 15.1. The van der Waals surface area contributed by atoms with E-state index in [1.54, 1.807) is 0 Å². The number of carbonyl (C=O) groups excluding carboxylic acids is 6. The van der Waals surface area contributed by atoms with Gasteiger partial charge in [0.2, 0.25) is 23.6 Å². The molecule has 1 aromatic carbocycles. The number of aliphatic hydroxyl groups excluding tert-OH is 7. The third-order valence-corrected chi connectivity index (χ3v) is 15.1. The van der Waals surface area contributed by atoms with Crippen molar-refractivity contribution in [3.8, 4) is 0 Å². The van der Waals surface area contributed by atoms with Crippen LogP contribution in [0.3, 0.4) is 0 Å². The first-order valence-corrected chi connectivity index (χ1v) is 28.4. The summed E-state index contributed by atoms with van der Waals surface area (Å²) < 4.78 is 44.6. The molecule has 4 rings (SSSR count). The molecule has 4 unspecified atom stereocenters. The maximum atomic E-state index is 13.4. The van der Waals surface area contributed by atoms with Crippen LogP contribution in [0.4, 0.5) is 5.69 Å². The largest absolute Gasteiger partial charge is 0.396 e. The van der Waals surface area contributed by atoms with Gasteiger partial charge in [0.05, 0.1) is 85.9 Å². The van der Waals surface area contributed by atoms with E-state index in [2.05, 4.69) is 40.4 Å². The first-order chi connectivity index (χ1) is 39.2. The summed E-state index contributed by atoms with van der Waals surface area (Å²) >= 11 is 0. The van der Waals surface area contributed by atoms with Crippen LogP contribution in [0.15, 0.2) is 18.2 Å². The molecule has 3 fully saturated rings. The predicted molar refractivity (Wildman–Crippen MR) is 293 cm³/mol. The van der Waals surface area contributed by atoms with Crippen molar-refractivity contribution in [2.75, 3.05) is 117 Å². The molecule has 3 aliphatic rings. The van der Waals surface area contributed by atoms with Crippen molar-refractivity contribution in [3.63, 3.8) is 0 Å². The Balaban J connectivity index is 1.19. The minimum Gasteiger partial charge on any atom is -0.396 e. The zero-order chi connectivity index (χ0) is 60.2. The van der Waals surface area contributed by atoms with E-state index < -0.39 is 98.1 Å². The van der Waals surface area contributed by atoms with Crippen molar-refractivity contribution in [2.45, 2.75) is 154 Å². The van der Waals surface area contributed by atoms with Gasteiger partial charge in [0.15, 0.2) is 12.6 Å². The maximum absolute atomic E-state index is 13.4. The Labute approximate surface area is 479 Å². The van der Waals surface area contributed by atoms with Crippen molar-refractivity contribution in [1.82, 2.24) is 26.2 Å². The predicted octanol–water partition coefficient (Wildman–Crippen LogP) is -1.55. The lowest BCUT2D eigenvalue weighted by Gasteiger charge is -2.42. The number of benzene rings is 1. The van der Waals surface area contributed by atoms with Crippen LogP contribution >= 0.6 is 0 Å². The number of amides is 6. The molecule has 0 saturated carbocycles. The second-order valence-electron chi connectivity index (χ2n) is 21.4. The molecule has 1 aromatic rings. The molecule has 0 spiro atoms. The third kappa shape index (κ3) is 22.1. The molecule has 6 amide bonds. The van der Waals surface area contributed by atoms with E-state index in [1.165, 1.54) is 32.0 Å². The van der Waals surface area contributed by atoms with Gasteiger partial charge >= 0.3 is 0 Å². The highest BCUT2D eigenvalue weighted by Crippen LogP contribution is 2.48. The number of ether oxygens (including phenoxy) is 8. The van der Waals surface area contributed by atoms with Crippen LogP contribution in [0.25, 0.3) is 0 Å². The number of unbranched alkanes of at least 4 members (excludes halogenated alkanes) is 5. The van der Waals surface area contributed by atoms with Crippen LogP contribution in [0.5, 0.6) is 0 Å². The zero-order valence-electron chi connectivity index (χ0n) is 48.2. The van der Waals surface area contributed by atoms with Crippen LogP contribution in [-0.2, 0) is 57.1 Å². The van der Waals surface area contributed by atoms with E-state index in [9.17, 15) is 64.5 Å². The molecule has 3 saturated heterocycles. The van der Waals surface area contributed by atoms with Crippen molar-refractivity contribution in [1.29, 1.82) is 0 Å². The Morgan fingerprint density at radius 3 is 1.40 bits per heavy atom. The fourth-order valence-corrected chi connectivity index (χ4v) is 9.84. The monoisotopic (exact) mass is 1170 g/mol. The minimum absolute atomic E-state index is 0.0186. The van der Waals surface area contributed by atoms with Crippen molar-refractivity contribution in [2.24, 2.45) is 10.8 Å². The average Bonchev–Trinajstić information content (AvgIpc) is 3.36. The van der Waals surface area contributed by atoms with E-state index in [0.29, 0.717) is 25.9 Å². The summed E-state index contributed by atoms with van der Waals surface area (Å²) in [6.45, 7) is 9.92. The molecule has 82 heavy (non-hydrogen) atoms. The quantitative estimate of drug-likeness (QED) is 0.0334. The molecule has 27 nitrogen and oxygen atoms in total. The number of rotatable bonds is 38. The van der Waals surface area contributed by atoms with Crippen LogP contribution in [0.2, 0.25) is 0 Å². The summed E-state index contributed by atoms with van der Waals surface area (Å²) in [5.41, 5.74) is 0.00156. The second-order valence-corrected chi connectivity index (χ2v) is 21.4. The topological polar surface area (TPSA) is 381 Å². The average molecular weight is 1170 g/mol. The van der Waals surface area contributed by atoms with Gasteiger partial charge in [-0.2, -0.15) is 0 Å². The minimum atomic E-state index is -1.44. The van der Waals surface area contributed by atoms with E-state index in [1.807, 2.05) is 11.8 Å². The highest BCUT2D eigenvalue weighted by Gasteiger charge is 2.52. The van der Waals surface area contributed by atoms with E-state index in [0.717, 1.165) is 38.5 Å². The van der Waals surface area contributed by atoms with Gasteiger partial charge in [-0.25, -0.2) is 0 Å². The lowest BCUT2D eigenvalue weighted by atomic mass is 9.67.